The predicted octanol–water partition coefficient (Wildman–Crippen LogP) is 4.12. The van der Waals surface area contributed by atoms with E-state index in [0.717, 1.165) is 16.9 Å². The van der Waals surface area contributed by atoms with E-state index in [1.54, 1.807) is 6.92 Å². The first-order chi connectivity index (χ1) is 9.19. The van der Waals surface area contributed by atoms with E-state index in [2.05, 4.69) is 5.16 Å². The van der Waals surface area contributed by atoms with Crippen molar-refractivity contribution in [3.05, 3.63) is 64.7 Å². The normalized spacial score (nSPS) is 11.4. The van der Waals surface area contributed by atoms with Crippen molar-refractivity contribution in [3.8, 4) is 5.75 Å². The highest BCUT2D eigenvalue weighted by atomic mass is 35.5. The molecule has 0 spiro atoms. The third-order valence-corrected chi connectivity index (χ3v) is 2.93. The van der Waals surface area contributed by atoms with Crippen LogP contribution in [0.5, 0.6) is 5.75 Å². The van der Waals surface area contributed by atoms with Crippen LogP contribution in [0.15, 0.2) is 53.7 Å². The van der Waals surface area contributed by atoms with E-state index in [1.165, 1.54) is 0 Å². The van der Waals surface area contributed by atoms with Gasteiger partial charge in [0, 0.05) is 10.6 Å². The van der Waals surface area contributed by atoms with E-state index in [-0.39, 0.29) is 0 Å². The molecule has 3 nitrogen and oxygen atoms in total. The van der Waals surface area contributed by atoms with Crippen LogP contribution >= 0.6 is 11.6 Å². The number of hydrogen-bond donors (Lipinski definition) is 1. The Hall–Kier alpha value is -2.00. The predicted molar refractivity (Wildman–Crippen MR) is 76.2 cm³/mol. The third-order valence-electron chi connectivity index (χ3n) is 2.70. The molecule has 0 bridgehead atoms. The summed E-state index contributed by atoms with van der Waals surface area (Å²) in [4.78, 5) is 0. The number of ether oxygens (including phenoxy) is 1. The maximum Gasteiger partial charge on any atom is 0.120 e. The zero-order valence-corrected chi connectivity index (χ0v) is 11.3. The second-order valence-electron chi connectivity index (χ2n) is 4.13. The SMILES string of the molecule is CC(=NO)c1cccc(OCc2cccc(Cl)c2)c1. The summed E-state index contributed by atoms with van der Waals surface area (Å²) in [5.74, 6) is 0.723. The highest BCUT2D eigenvalue weighted by molar-refractivity contribution is 6.30. The van der Waals surface area contributed by atoms with Gasteiger partial charge < -0.3 is 9.94 Å². The number of halogens is 1. The number of hydrogen-bond acceptors (Lipinski definition) is 3. The van der Waals surface area contributed by atoms with Crippen LogP contribution in [0, 0.1) is 0 Å². The molecule has 2 rings (SSSR count). The minimum absolute atomic E-state index is 0.444. The van der Waals surface area contributed by atoms with Crippen molar-refractivity contribution in [2.75, 3.05) is 0 Å². The molecule has 2 aromatic carbocycles. The van der Waals surface area contributed by atoms with Gasteiger partial charge in [0.25, 0.3) is 0 Å². The van der Waals surface area contributed by atoms with E-state index in [1.807, 2.05) is 48.5 Å². The van der Waals surface area contributed by atoms with Gasteiger partial charge in [-0.1, -0.05) is 41.0 Å². The monoisotopic (exact) mass is 275 g/mol. The Bertz CT molecular complexity index is 596. The van der Waals surface area contributed by atoms with Gasteiger partial charge in [0.15, 0.2) is 0 Å². The van der Waals surface area contributed by atoms with E-state index in [9.17, 15) is 0 Å². The molecule has 0 aliphatic rings. The van der Waals surface area contributed by atoms with Crippen molar-refractivity contribution in [1.82, 2.24) is 0 Å². The fraction of sp³-hybridized carbons (Fsp3) is 0.133. The number of oxime groups is 1. The molecule has 0 radical (unpaired) electrons. The maximum atomic E-state index is 8.75. The first kappa shape index (κ1) is 13.4. The van der Waals surface area contributed by atoms with Gasteiger partial charge in [0.1, 0.15) is 12.4 Å². The van der Waals surface area contributed by atoms with Crippen molar-refractivity contribution in [2.24, 2.45) is 5.16 Å². The second-order valence-corrected chi connectivity index (χ2v) is 4.57. The molecule has 0 amide bonds. The van der Waals surface area contributed by atoms with E-state index >= 15 is 0 Å². The minimum atomic E-state index is 0.444. The van der Waals surface area contributed by atoms with Crippen LogP contribution in [0.3, 0.4) is 0 Å². The second kappa shape index (κ2) is 6.25. The van der Waals surface area contributed by atoms with Crippen LogP contribution in [-0.2, 0) is 6.61 Å². The van der Waals surface area contributed by atoms with Gasteiger partial charge in [-0.05, 0) is 36.8 Å². The van der Waals surface area contributed by atoms with Crippen LogP contribution in [-0.4, -0.2) is 10.9 Å². The standard InChI is InChI=1S/C15H14ClNO2/c1-11(17-18)13-5-3-7-15(9-13)19-10-12-4-2-6-14(16)8-12/h2-9,18H,10H2,1H3. The van der Waals surface area contributed by atoms with Crippen molar-refractivity contribution < 1.29 is 9.94 Å². The molecule has 2 aromatic rings. The summed E-state index contributed by atoms with van der Waals surface area (Å²) in [5, 5.41) is 12.6. The Balaban J connectivity index is 2.08. The van der Waals surface area contributed by atoms with Crippen molar-refractivity contribution in [1.29, 1.82) is 0 Å². The quantitative estimate of drug-likeness (QED) is 0.518. The average Bonchev–Trinajstić information content (AvgIpc) is 2.45. The van der Waals surface area contributed by atoms with E-state index in [4.69, 9.17) is 21.5 Å². The summed E-state index contributed by atoms with van der Waals surface area (Å²) >= 11 is 5.91. The highest BCUT2D eigenvalue weighted by Crippen LogP contribution is 2.17. The molecule has 0 aliphatic carbocycles. The van der Waals surface area contributed by atoms with Crippen LogP contribution in [0.1, 0.15) is 18.1 Å². The van der Waals surface area contributed by atoms with Crippen LogP contribution in [0.2, 0.25) is 5.02 Å². The lowest BCUT2D eigenvalue weighted by Crippen LogP contribution is -1.98. The Morgan fingerprint density at radius 1 is 1.21 bits per heavy atom. The fourth-order valence-electron chi connectivity index (χ4n) is 1.66. The van der Waals surface area contributed by atoms with Gasteiger partial charge in [-0.15, -0.1) is 0 Å². The lowest BCUT2D eigenvalue weighted by molar-refractivity contribution is 0.306. The van der Waals surface area contributed by atoms with Crippen LogP contribution in [0.25, 0.3) is 0 Å². The largest absolute Gasteiger partial charge is 0.489 e. The first-order valence-corrected chi connectivity index (χ1v) is 6.23. The van der Waals surface area contributed by atoms with Gasteiger partial charge in [-0.3, -0.25) is 0 Å². The van der Waals surface area contributed by atoms with Gasteiger partial charge in [0.2, 0.25) is 0 Å². The Morgan fingerprint density at radius 3 is 2.74 bits per heavy atom. The lowest BCUT2D eigenvalue weighted by atomic mass is 10.1. The molecular weight excluding hydrogens is 262 g/mol. The molecule has 4 heteroatoms. The maximum absolute atomic E-state index is 8.75. The van der Waals surface area contributed by atoms with Crippen LogP contribution in [0.4, 0.5) is 0 Å². The molecular formula is C15H14ClNO2. The molecule has 1 N–H and O–H groups in total. The Kier molecular flexibility index (Phi) is 4.42. The molecule has 0 heterocycles. The van der Waals surface area contributed by atoms with Gasteiger partial charge in [-0.25, -0.2) is 0 Å². The molecule has 0 fully saturated rings. The molecule has 0 unspecified atom stereocenters. The molecule has 0 aliphatic heterocycles. The zero-order chi connectivity index (χ0) is 13.7. The summed E-state index contributed by atoms with van der Waals surface area (Å²) < 4.78 is 5.69. The molecule has 0 atom stereocenters. The van der Waals surface area contributed by atoms with E-state index < -0.39 is 0 Å². The van der Waals surface area contributed by atoms with E-state index in [0.29, 0.717) is 17.3 Å². The number of nitrogens with zero attached hydrogens (tertiary/aromatic N) is 1. The Morgan fingerprint density at radius 2 is 2.00 bits per heavy atom. The summed E-state index contributed by atoms with van der Waals surface area (Å²) in [5.41, 5.74) is 2.38. The lowest BCUT2D eigenvalue weighted by Gasteiger charge is -2.08. The third kappa shape index (κ3) is 3.73. The van der Waals surface area contributed by atoms with Crippen molar-refractivity contribution >= 4 is 17.3 Å². The topological polar surface area (TPSA) is 41.8 Å². The fourth-order valence-corrected chi connectivity index (χ4v) is 1.87. The summed E-state index contributed by atoms with van der Waals surface area (Å²) in [7, 11) is 0. The minimum Gasteiger partial charge on any atom is -0.489 e. The van der Waals surface area contributed by atoms with Crippen molar-refractivity contribution in [2.45, 2.75) is 13.5 Å². The van der Waals surface area contributed by atoms with Gasteiger partial charge in [0.05, 0.1) is 5.71 Å². The Labute approximate surface area is 117 Å². The van der Waals surface area contributed by atoms with Crippen molar-refractivity contribution in [3.63, 3.8) is 0 Å². The highest BCUT2D eigenvalue weighted by Gasteiger charge is 2.01. The molecule has 0 saturated heterocycles. The van der Waals surface area contributed by atoms with Gasteiger partial charge in [-0.2, -0.15) is 0 Å². The molecule has 0 aromatic heterocycles. The molecule has 19 heavy (non-hydrogen) atoms. The number of benzene rings is 2. The zero-order valence-electron chi connectivity index (χ0n) is 10.5. The van der Waals surface area contributed by atoms with Gasteiger partial charge >= 0.3 is 0 Å². The summed E-state index contributed by atoms with van der Waals surface area (Å²) in [6, 6.07) is 15.0. The average molecular weight is 276 g/mol. The first-order valence-electron chi connectivity index (χ1n) is 5.85. The van der Waals surface area contributed by atoms with Crippen LogP contribution < -0.4 is 4.74 Å². The smallest absolute Gasteiger partial charge is 0.120 e. The molecule has 0 saturated carbocycles. The summed E-state index contributed by atoms with van der Waals surface area (Å²) in [6.45, 7) is 2.18. The summed E-state index contributed by atoms with van der Waals surface area (Å²) in [6.07, 6.45) is 0. The molecule has 98 valence electrons. The number of rotatable bonds is 4.